The highest BCUT2D eigenvalue weighted by Crippen LogP contribution is 2.03. The minimum atomic E-state index is 0.0282. The van der Waals surface area contributed by atoms with Crippen LogP contribution in [-0.4, -0.2) is 8.97 Å². The molecule has 14 heavy (non-hydrogen) atoms. The van der Waals surface area contributed by atoms with Crippen LogP contribution in [0.1, 0.15) is 5.69 Å². The van der Waals surface area contributed by atoms with E-state index >= 15 is 0 Å². The number of aromatic nitrogens is 2. The molecule has 2 aromatic rings. The molecule has 2 rings (SSSR count). The fourth-order valence-corrected chi connectivity index (χ4v) is 1.63. The number of hydrogen-bond donors (Lipinski definition) is 0. The van der Waals surface area contributed by atoms with Gasteiger partial charge in [0, 0.05) is 24.6 Å². The maximum atomic E-state index is 11.8. The molecular weight excluding hydrogens is 176 g/mol. The summed E-state index contributed by atoms with van der Waals surface area (Å²) in [5.74, 6) is 0. The molecule has 3 heteroatoms. The molecule has 0 unspecified atom stereocenters. The highest BCUT2D eigenvalue weighted by atomic mass is 16.1. The standard InChI is InChI=1S/C11H12N2O/c1-3-6-12-8-9(2)13-7-4-5-10(13)11(12)14/h3-5,7-8H,1,6H2,2H3. The molecule has 0 fully saturated rings. The molecular formula is C11H12N2O. The third-order valence-electron chi connectivity index (χ3n) is 2.28. The van der Waals surface area contributed by atoms with E-state index in [4.69, 9.17) is 0 Å². The lowest BCUT2D eigenvalue weighted by atomic mass is 10.4. The Morgan fingerprint density at radius 2 is 2.36 bits per heavy atom. The highest BCUT2D eigenvalue weighted by molar-refractivity contribution is 5.46. The van der Waals surface area contributed by atoms with Gasteiger partial charge in [-0.05, 0) is 19.1 Å². The van der Waals surface area contributed by atoms with Crippen molar-refractivity contribution in [3.05, 3.63) is 53.2 Å². The van der Waals surface area contributed by atoms with Crippen LogP contribution in [-0.2, 0) is 6.54 Å². The monoisotopic (exact) mass is 188 g/mol. The molecule has 2 aromatic heterocycles. The molecule has 0 aliphatic heterocycles. The largest absolute Gasteiger partial charge is 0.315 e. The Morgan fingerprint density at radius 3 is 3.07 bits per heavy atom. The van der Waals surface area contributed by atoms with Gasteiger partial charge in [0.2, 0.25) is 0 Å². The number of allylic oxidation sites excluding steroid dienone is 1. The van der Waals surface area contributed by atoms with Crippen molar-refractivity contribution >= 4 is 5.52 Å². The van der Waals surface area contributed by atoms with Gasteiger partial charge in [0.15, 0.2) is 0 Å². The van der Waals surface area contributed by atoms with Crippen LogP contribution in [0.25, 0.3) is 5.52 Å². The molecule has 0 aromatic carbocycles. The second kappa shape index (κ2) is 3.18. The smallest absolute Gasteiger partial charge is 0.275 e. The zero-order chi connectivity index (χ0) is 10.1. The van der Waals surface area contributed by atoms with E-state index in [0.29, 0.717) is 12.1 Å². The van der Waals surface area contributed by atoms with E-state index < -0.39 is 0 Å². The first-order chi connectivity index (χ1) is 6.74. The topological polar surface area (TPSA) is 26.4 Å². The van der Waals surface area contributed by atoms with Crippen LogP contribution in [0, 0.1) is 6.92 Å². The van der Waals surface area contributed by atoms with E-state index in [1.54, 1.807) is 10.6 Å². The van der Waals surface area contributed by atoms with Gasteiger partial charge in [-0.25, -0.2) is 0 Å². The van der Waals surface area contributed by atoms with Crippen molar-refractivity contribution in [2.75, 3.05) is 0 Å². The molecule has 0 spiro atoms. The third-order valence-corrected chi connectivity index (χ3v) is 2.28. The molecule has 3 nitrogen and oxygen atoms in total. The molecule has 0 saturated heterocycles. The Morgan fingerprint density at radius 1 is 1.57 bits per heavy atom. The van der Waals surface area contributed by atoms with Gasteiger partial charge in [-0.2, -0.15) is 0 Å². The van der Waals surface area contributed by atoms with Gasteiger partial charge in [0.1, 0.15) is 5.52 Å². The van der Waals surface area contributed by atoms with Crippen LogP contribution >= 0.6 is 0 Å². The van der Waals surface area contributed by atoms with E-state index in [-0.39, 0.29) is 5.56 Å². The minimum Gasteiger partial charge on any atom is -0.315 e. The highest BCUT2D eigenvalue weighted by Gasteiger charge is 2.03. The second-order valence-corrected chi connectivity index (χ2v) is 3.28. The Hall–Kier alpha value is -1.77. The molecule has 0 N–H and O–H groups in total. The summed E-state index contributed by atoms with van der Waals surface area (Å²) in [6, 6.07) is 3.71. The van der Waals surface area contributed by atoms with Crippen LogP contribution in [0.2, 0.25) is 0 Å². The first kappa shape index (κ1) is 8.81. The number of nitrogens with zero attached hydrogens (tertiary/aromatic N) is 2. The van der Waals surface area contributed by atoms with Gasteiger partial charge < -0.3 is 8.97 Å². The molecule has 0 amide bonds. The maximum absolute atomic E-state index is 11.8. The van der Waals surface area contributed by atoms with Crippen LogP contribution in [0.15, 0.2) is 42.0 Å². The zero-order valence-electron chi connectivity index (χ0n) is 8.10. The fraction of sp³-hybridized carbons (Fsp3) is 0.182. The van der Waals surface area contributed by atoms with Crippen LogP contribution in [0.3, 0.4) is 0 Å². The van der Waals surface area contributed by atoms with Crippen molar-refractivity contribution in [2.24, 2.45) is 0 Å². The van der Waals surface area contributed by atoms with Crippen molar-refractivity contribution in [3.8, 4) is 0 Å². The second-order valence-electron chi connectivity index (χ2n) is 3.28. The average molecular weight is 188 g/mol. The Labute approximate surface area is 81.9 Å². The van der Waals surface area contributed by atoms with Crippen LogP contribution in [0.5, 0.6) is 0 Å². The van der Waals surface area contributed by atoms with Gasteiger partial charge >= 0.3 is 0 Å². The SMILES string of the molecule is C=CCn1cc(C)n2cccc2c1=O. The fourth-order valence-electron chi connectivity index (χ4n) is 1.63. The lowest BCUT2D eigenvalue weighted by molar-refractivity contribution is 0.762. The Balaban J connectivity index is 2.81. The first-order valence-electron chi connectivity index (χ1n) is 4.52. The van der Waals surface area contributed by atoms with Gasteiger partial charge in [-0.15, -0.1) is 6.58 Å². The summed E-state index contributed by atoms with van der Waals surface area (Å²) in [7, 11) is 0. The summed E-state index contributed by atoms with van der Waals surface area (Å²) < 4.78 is 3.56. The summed E-state index contributed by atoms with van der Waals surface area (Å²) in [4.78, 5) is 11.8. The normalized spacial score (nSPS) is 10.6. The summed E-state index contributed by atoms with van der Waals surface area (Å²) in [5.41, 5.74) is 1.79. The van der Waals surface area contributed by atoms with Crippen molar-refractivity contribution < 1.29 is 0 Å². The Kier molecular flexibility index (Phi) is 2.00. The summed E-state index contributed by atoms with van der Waals surface area (Å²) >= 11 is 0. The molecule has 0 bridgehead atoms. The molecule has 0 atom stereocenters. The van der Waals surface area contributed by atoms with E-state index in [2.05, 4.69) is 6.58 Å². The lowest BCUT2D eigenvalue weighted by Gasteiger charge is -2.06. The van der Waals surface area contributed by atoms with Gasteiger partial charge in [0.25, 0.3) is 5.56 Å². The lowest BCUT2D eigenvalue weighted by Crippen LogP contribution is -2.21. The average Bonchev–Trinajstić information content (AvgIpc) is 2.63. The molecule has 0 saturated carbocycles. The molecule has 72 valence electrons. The predicted octanol–water partition coefficient (Wildman–Crippen LogP) is 1.60. The van der Waals surface area contributed by atoms with E-state index in [1.807, 2.05) is 35.9 Å². The third kappa shape index (κ3) is 1.18. The van der Waals surface area contributed by atoms with Crippen molar-refractivity contribution in [1.82, 2.24) is 8.97 Å². The summed E-state index contributed by atoms with van der Waals surface area (Å²) in [5, 5.41) is 0. The number of aryl methyl sites for hydroxylation is 1. The summed E-state index contributed by atoms with van der Waals surface area (Å²) in [6.07, 6.45) is 5.46. The van der Waals surface area contributed by atoms with Crippen LogP contribution in [0.4, 0.5) is 0 Å². The first-order valence-corrected chi connectivity index (χ1v) is 4.52. The predicted molar refractivity (Wildman–Crippen MR) is 56.6 cm³/mol. The number of rotatable bonds is 2. The van der Waals surface area contributed by atoms with Crippen molar-refractivity contribution in [2.45, 2.75) is 13.5 Å². The molecule has 0 aliphatic carbocycles. The molecule has 0 radical (unpaired) electrons. The van der Waals surface area contributed by atoms with E-state index in [0.717, 1.165) is 5.69 Å². The number of hydrogen-bond acceptors (Lipinski definition) is 1. The van der Waals surface area contributed by atoms with Gasteiger partial charge in [-0.3, -0.25) is 4.79 Å². The maximum Gasteiger partial charge on any atom is 0.275 e. The van der Waals surface area contributed by atoms with Crippen molar-refractivity contribution in [3.63, 3.8) is 0 Å². The quantitative estimate of drug-likeness (QED) is 0.657. The summed E-state index contributed by atoms with van der Waals surface area (Å²) in [6.45, 7) is 6.16. The van der Waals surface area contributed by atoms with Crippen LogP contribution < -0.4 is 5.56 Å². The van der Waals surface area contributed by atoms with Gasteiger partial charge in [-0.1, -0.05) is 6.08 Å². The Bertz CT molecular complexity index is 534. The zero-order valence-corrected chi connectivity index (χ0v) is 8.10. The number of fused-ring (bicyclic) bond motifs is 1. The minimum absolute atomic E-state index is 0.0282. The molecule has 2 heterocycles. The molecule has 0 aliphatic rings. The van der Waals surface area contributed by atoms with E-state index in [9.17, 15) is 4.79 Å². The van der Waals surface area contributed by atoms with E-state index in [1.165, 1.54) is 0 Å². The van der Waals surface area contributed by atoms with Crippen molar-refractivity contribution in [1.29, 1.82) is 0 Å². The van der Waals surface area contributed by atoms with Gasteiger partial charge in [0.05, 0.1) is 0 Å².